The van der Waals surface area contributed by atoms with Crippen LogP contribution in [0.1, 0.15) is 16.8 Å². The Labute approximate surface area is 176 Å². The number of hydrazine groups is 1. The molecule has 0 unspecified atom stereocenters. The minimum absolute atomic E-state index is 0.0147. The third kappa shape index (κ3) is 4.09. The SMILES string of the molecule is NC(=O)C[C@H]1C(=O)N(c2ccc(Cl)cc2)C(=S)N1NC(=O)c1ccc(Cl)cc1. The second kappa shape index (κ2) is 8.14. The number of nitrogens with two attached hydrogens (primary N) is 1. The molecule has 0 radical (unpaired) electrons. The van der Waals surface area contributed by atoms with Crippen molar-refractivity contribution in [2.24, 2.45) is 5.73 Å². The van der Waals surface area contributed by atoms with E-state index in [0.29, 0.717) is 21.3 Å². The first-order chi connectivity index (χ1) is 13.3. The van der Waals surface area contributed by atoms with Crippen LogP contribution in [-0.2, 0) is 9.59 Å². The number of hydrogen-bond donors (Lipinski definition) is 2. The normalized spacial score (nSPS) is 16.4. The molecule has 3 amide bonds. The zero-order chi connectivity index (χ0) is 20.4. The molecule has 7 nitrogen and oxygen atoms in total. The molecule has 10 heteroatoms. The Bertz CT molecular complexity index is 950. The maximum Gasteiger partial charge on any atom is 0.269 e. The highest BCUT2D eigenvalue weighted by atomic mass is 35.5. The number of benzene rings is 2. The van der Waals surface area contributed by atoms with E-state index in [2.05, 4.69) is 5.43 Å². The second-order valence-electron chi connectivity index (χ2n) is 5.94. The third-order valence-corrected chi connectivity index (χ3v) is 4.91. The van der Waals surface area contributed by atoms with E-state index >= 15 is 0 Å². The number of anilines is 1. The highest BCUT2D eigenvalue weighted by molar-refractivity contribution is 7.80. The van der Waals surface area contributed by atoms with Gasteiger partial charge in [-0.05, 0) is 60.7 Å². The van der Waals surface area contributed by atoms with Crippen LogP contribution in [0.25, 0.3) is 0 Å². The van der Waals surface area contributed by atoms with Gasteiger partial charge in [0.15, 0.2) is 0 Å². The summed E-state index contributed by atoms with van der Waals surface area (Å²) in [5, 5.41) is 2.15. The lowest BCUT2D eigenvalue weighted by Crippen LogP contribution is -2.49. The molecular formula is C18H14Cl2N4O3S. The largest absolute Gasteiger partial charge is 0.370 e. The van der Waals surface area contributed by atoms with Crippen molar-refractivity contribution in [3.63, 3.8) is 0 Å². The Hall–Kier alpha value is -2.68. The zero-order valence-electron chi connectivity index (χ0n) is 14.3. The van der Waals surface area contributed by atoms with Crippen molar-refractivity contribution in [3.8, 4) is 0 Å². The number of hydrogen-bond acceptors (Lipinski definition) is 4. The monoisotopic (exact) mass is 436 g/mol. The second-order valence-corrected chi connectivity index (χ2v) is 7.17. The lowest BCUT2D eigenvalue weighted by Gasteiger charge is -2.24. The molecule has 1 fully saturated rings. The predicted octanol–water partition coefficient (Wildman–Crippen LogP) is 2.52. The first-order valence-electron chi connectivity index (χ1n) is 8.05. The van der Waals surface area contributed by atoms with Crippen LogP contribution < -0.4 is 16.1 Å². The highest BCUT2D eigenvalue weighted by Gasteiger charge is 2.45. The standard InChI is InChI=1S/C18H14Cl2N4O3S/c19-11-3-1-10(2-4-11)16(26)22-24-14(9-15(21)25)17(27)23(18(24)28)13-7-5-12(20)6-8-13/h1-8,14H,9H2,(H2,21,25)(H,22,26)/t14-/m0/s1. The van der Waals surface area contributed by atoms with E-state index in [4.69, 9.17) is 41.2 Å². The van der Waals surface area contributed by atoms with Crippen LogP contribution >= 0.6 is 35.4 Å². The summed E-state index contributed by atoms with van der Waals surface area (Å²) < 4.78 is 0. The summed E-state index contributed by atoms with van der Waals surface area (Å²) >= 11 is 17.1. The number of primary amides is 1. The average Bonchev–Trinajstić information content (AvgIpc) is 2.87. The molecule has 0 spiro atoms. The van der Waals surface area contributed by atoms with Crippen molar-refractivity contribution in [2.75, 3.05) is 4.90 Å². The van der Waals surface area contributed by atoms with Crippen molar-refractivity contribution >= 4 is 63.9 Å². The van der Waals surface area contributed by atoms with Crippen molar-refractivity contribution in [2.45, 2.75) is 12.5 Å². The maximum absolute atomic E-state index is 12.9. The lowest BCUT2D eigenvalue weighted by atomic mass is 10.2. The predicted molar refractivity (Wildman–Crippen MR) is 110 cm³/mol. The van der Waals surface area contributed by atoms with E-state index in [0.717, 1.165) is 0 Å². The minimum Gasteiger partial charge on any atom is -0.370 e. The Morgan fingerprint density at radius 3 is 2.11 bits per heavy atom. The Balaban J connectivity index is 1.90. The summed E-state index contributed by atoms with van der Waals surface area (Å²) in [4.78, 5) is 38.2. The highest BCUT2D eigenvalue weighted by Crippen LogP contribution is 2.27. The molecule has 3 rings (SSSR count). The molecule has 0 saturated carbocycles. The lowest BCUT2D eigenvalue weighted by molar-refractivity contribution is -0.125. The van der Waals surface area contributed by atoms with Gasteiger partial charge in [0.2, 0.25) is 11.0 Å². The fourth-order valence-corrected chi connectivity index (χ4v) is 3.31. The summed E-state index contributed by atoms with van der Waals surface area (Å²) in [6.45, 7) is 0. The van der Waals surface area contributed by atoms with E-state index in [1.54, 1.807) is 36.4 Å². The third-order valence-electron chi connectivity index (χ3n) is 4.02. The topological polar surface area (TPSA) is 95.7 Å². The van der Waals surface area contributed by atoms with Crippen LogP contribution in [0.5, 0.6) is 0 Å². The fraction of sp³-hybridized carbons (Fsp3) is 0.111. The summed E-state index contributed by atoms with van der Waals surface area (Å²) in [7, 11) is 0. The van der Waals surface area contributed by atoms with E-state index in [-0.39, 0.29) is 11.5 Å². The van der Waals surface area contributed by atoms with Gasteiger partial charge in [-0.1, -0.05) is 23.2 Å². The van der Waals surface area contributed by atoms with Crippen molar-refractivity contribution in [1.82, 2.24) is 10.4 Å². The summed E-state index contributed by atoms with van der Waals surface area (Å²) in [6.07, 6.45) is -0.316. The number of carbonyl (C=O) groups is 3. The number of nitrogens with one attached hydrogen (secondary N) is 1. The molecule has 2 aromatic carbocycles. The quantitative estimate of drug-likeness (QED) is 0.701. The molecule has 3 N–H and O–H groups in total. The fourth-order valence-electron chi connectivity index (χ4n) is 2.69. The first kappa shape index (κ1) is 20.1. The zero-order valence-corrected chi connectivity index (χ0v) is 16.6. The molecule has 144 valence electrons. The van der Waals surface area contributed by atoms with Gasteiger partial charge in [0.25, 0.3) is 11.8 Å². The van der Waals surface area contributed by atoms with E-state index < -0.39 is 23.8 Å². The van der Waals surface area contributed by atoms with Crippen LogP contribution in [-0.4, -0.2) is 33.9 Å². The van der Waals surface area contributed by atoms with Crippen LogP contribution in [0.3, 0.4) is 0 Å². The van der Waals surface area contributed by atoms with Crippen molar-refractivity contribution in [1.29, 1.82) is 0 Å². The number of amides is 3. The molecule has 1 heterocycles. The van der Waals surface area contributed by atoms with Crippen LogP contribution in [0.4, 0.5) is 5.69 Å². The van der Waals surface area contributed by atoms with E-state index in [1.165, 1.54) is 22.0 Å². The smallest absolute Gasteiger partial charge is 0.269 e. The molecule has 0 aromatic heterocycles. The van der Waals surface area contributed by atoms with E-state index in [1.807, 2.05) is 0 Å². The Morgan fingerprint density at radius 1 is 1.04 bits per heavy atom. The summed E-state index contributed by atoms with van der Waals surface area (Å²) in [5.41, 5.74) is 8.62. The van der Waals surface area contributed by atoms with Crippen LogP contribution in [0, 0.1) is 0 Å². The molecule has 0 aliphatic carbocycles. The Kier molecular flexibility index (Phi) is 5.83. The van der Waals surface area contributed by atoms with Gasteiger partial charge in [0.1, 0.15) is 6.04 Å². The minimum atomic E-state index is -1.06. The Morgan fingerprint density at radius 2 is 1.57 bits per heavy atom. The van der Waals surface area contributed by atoms with Gasteiger partial charge in [-0.25, -0.2) is 5.01 Å². The molecule has 2 aromatic rings. The number of nitrogens with zero attached hydrogens (tertiary/aromatic N) is 2. The number of thiocarbonyl (C=S) groups is 1. The van der Waals surface area contributed by atoms with Gasteiger partial charge < -0.3 is 5.73 Å². The number of halogens is 2. The molecule has 1 saturated heterocycles. The van der Waals surface area contributed by atoms with Gasteiger partial charge in [0, 0.05) is 15.6 Å². The summed E-state index contributed by atoms with van der Waals surface area (Å²) in [6, 6.07) is 11.5. The first-order valence-corrected chi connectivity index (χ1v) is 9.22. The number of carbonyl (C=O) groups excluding carboxylic acids is 3. The molecule has 1 aliphatic rings. The van der Waals surface area contributed by atoms with Gasteiger partial charge in [0.05, 0.1) is 12.1 Å². The maximum atomic E-state index is 12.9. The molecule has 28 heavy (non-hydrogen) atoms. The van der Waals surface area contributed by atoms with Crippen LogP contribution in [0.2, 0.25) is 10.0 Å². The molecule has 1 aliphatic heterocycles. The van der Waals surface area contributed by atoms with Crippen LogP contribution in [0.15, 0.2) is 48.5 Å². The van der Waals surface area contributed by atoms with E-state index in [9.17, 15) is 14.4 Å². The van der Waals surface area contributed by atoms with Gasteiger partial charge >= 0.3 is 0 Å². The number of rotatable bonds is 5. The van der Waals surface area contributed by atoms with Gasteiger partial charge in [-0.2, -0.15) is 0 Å². The van der Waals surface area contributed by atoms with Crippen molar-refractivity contribution in [3.05, 3.63) is 64.1 Å². The average molecular weight is 437 g/mol. The van der Waals surface area contributed by atoms with Gasteiger partial charge in [-0.3, -0.25) is 24.7 Å². The molecule has 0 bridgehead atoms. The molecular weight excluding hydrogens is 423 g/mol. The van der Waals surface area contributed by atoms with Crippen molar-refractivity contribution < 1.29 is 14.4 Å². The van der Waals surface area contributed by atoms with Gasteiger partial charge in [-0.15, -0.1) is 0 Å². The summed E-state index contributed by atoms with van der Waals surface area (Å²) in [5.74, 6) is -1.70. The molecule has 1 atom stereocenters.